The van der Waals surface area contributed by atoms with Crippen LogP contribution in [0.15, 0.2) is 12.2 Å². The lowest BCUT2D eigenvalue weighted by Gasteiger charge is -2.13. The second-order valence-corrected chi connectivity index (χ2v) is 6.43. The van der Waals surface area contributed by atoms with E-state index in [4.69, 9.17) is 28.8 Å². The van der Waals surface area contributed by atoms with Crippen LogP contribution < -0.4 is 0 Å². The molecule has 1 heterocycles. The normalized spacial score (nSPS) is 13.2. The van der Waals surface area contributed by atoms with Gasteiger partial charge in [0.2, 0.25) is 0 Å². The first-order valence-corrected chi connectivity index (χ1v) is 10.2. The van der Waals surface area contributed by atoms with Crippen molar-refractivity contribution in [2.45, 2.75) is 25.7 Å². The van der Waals surface area contributed by atoms with Gasteiger partial charge in [-0.05, 0) is 12.8 Å². The minimum atomic E-state index is -0.870. The van der Waals surface area contributed by atoms with Crippen molar-refractivity contribution in [3.63, 3.8) is 0 Å². The summed E-state index contributed by atoms with van der Waals surface area (Å²) in [4.78, 5) is 45.5. The number of carbonyl (C=O) groups is 4. The molecule has 0 fully saturated rings. The summed E-state index contributed by atoms with van der Waals surface area (Å²) in [5.41, 5.74) is 0. The predicted octanol–water partition coefficient (Wildman–Crippen LogP) is 0.166. The van der Waals surface area contributed by atoms with Gasteiger partial charge in [-0.1, -0.05) is 0 Å². The minimum absolute atomic E-state index is 0.0541. The topological polar surface area (TPSA) is 138 Å². The molecule has 2 amide bonds. The van der Waals surface area contributed by atoms with Gasteiger partial charge in [-0.15, -0.1) is 0 Å². The summed E-state index contributed by atoms with van der Waals surface area (Å²) < 4.78 is 26.2. The first kappa shape index (κ1) is 26.7. The van der Waals surface area contributed by atoms with Crippen molar-refractivity contribution >= 4 is 23.8 Å². The number of amides is 2. The molecule has 0 aromatic carbocycles. The van der Waals surface area contributed by atoms with E-state index in [2.05, 4.69) is 0 Å². The number of carboxylic acids is 1. The number of aliphatic carboxylic acids is 1. The SMILES string of the molecule is O=C(O)CCCCC(=O)OCCOCCOCCOCCOCCN1C(=O)C=CC1=O. The number of imide groups is 1. The van der Waals surface area contributed by atoms with Gasteiger partial charge in [0.05, 0.1) is 59.4 Å². The highest BCUT2D eigenvalue weighted by atomic mass is 16.6. The van der Waals surface area contributed by atoms with E-state index in [9.17, 15) is 19.2 Å². The van der Waals surface area contributed by atoms with Gasteiger partial charge < -0.3 is 28.8 Å². The van der Waals surface area contributed by atoms with Crippen molar-refractivity contribution in [2.24, 2.45) is 0 Å². The second-order valence-electron chi connectivity index (χ2n) is 6.43. The molecule has 1 aliphatic rings. The van der Waals surface area contributed by atoms with E-state index in [1.807, 2.05) is 0 Å². The first-order chi connectivity index (χ1) is 15.0. The van der Waals surface area contributed by atoms with Crippen LogP contribution >= 0.6 is 0 Å². The third-order valence-corrected chi connectivity index (χ3v) is 3.99. The molecular weight excluding hydrogens is 414 g/mol. The van der Waals surface area contributed by atoms with E-state index in [-0.39, 0.29) is 57.0 Å². The molecule has 0 spiro atoms. The molecule has 0 aromatic heterocycles. The zero-order chi connectivity index (χ0) is 22.7. The van der Waals surface area contributed by atoms with E-state index in [0.29, 0.717) is 52.5 Å². The Balaban J connectivity index is 1.75. The maximum atomic E-state index is 11.4. The van der Waals surface area contributed by atoms with Crippen LogP contribution in [0.25, 0.3) is 0 Å². The number of ether oxygens (including phenoxy) is 5. The summed E-state index contributed by atoms with van der Waals surface area (Å²) in [6, 6.07) is 0. The van der Waals surface area contributed by atoms with Gasteiger partial charge in [-0.3, -0.25) is 24.1 Å². The van der Waals surface area contributed by atoms with E-state index in [1.165, 1.54) is 12.2 Å². The summed E-state index contributed by atoms with van der Waals surface area (Å²) in [5.74, 6) is -1.87. The molecule has 0 aliphatic carbocycles. The quantitative estimate of drug-likeness (QED) is 0.157. The number of carbonyl (C=O) groups excluding carboxylic acids is 3. The fourth-order valence-corrected chi connectivity index (χ4v) is 2.40. The Morgan fingerprint density at radius 3 is 1.68 bits per heavy atom. The minimum Gasteiger partial charge on any atom is -0.481 e. The fraction of sp³-hybridized carbons (Fsp3) is 0.700. The summed E-state index contributed by atoms with van der Waals surface area (Å²) >= 11 is 0. The van der Waals surface area contributed by atoms with E-state index < -0.39 is 5.97 Å². The Kier molecular flexibility index (Phi) is 14.9. The van der Waals surface area contributed by atoms with Gasteiger partial charge in [0, 0.05) is 25.0 Å². The van der Waals surface area contributed by atoms with Gasteiger partial charge in [-0.2, -0.15) is 0 Å². The van der Waals surface area contributed by atoms with E-state index in [1.54, 1.807) is 0 Å². The lowest BCUT2D eigenvalue weighted by atomic mass is 10.2. The maximum absolute atomic E-state index is 11.4. The van der Waals surface area contributed by atoms with Gasteiger partial charge in [0.1, 0.15) is 6.61 Å². The fourth-order valence-electron chi connectivity index (χ4n) is 2.40. The number of nitrogens with zero attached hydrogens (tertiary/aromatic N) is 1. The highest BCUT2D eigenvalue weighted by molar-refractivity contribution is 6.12. The molecule has 1 rings (SSSR count). The van der Waals surface area contributed by atoms with Gasteiger partial charge in [0.15, 0.2) is 0 Å². The van der Waals surface area contributed by atoms with Crippen LogP contribution in [0, 0.1) is 0 Å². The summed E-state index contributed by atoms with van der Waals surface area (Å²) in [6.07, 6.45) is 3.68. The van der Waals surface area contributed by atoms with Crippen LogP contribution in [0.5, 0.6) is 0 Å². The van der Waals surface area contributed by atoms with Crippen molar-refractivity contribution in [3.8, 4) is 0 Å². The Morgan fingerprint density at radius 1 is 0.710 bits per heavy atom. The molecule has 0 saturated heterocycles. The van der Waals surface area contributed by atoms with Crippen molar-refractivity contribution in [1.29, 1.82) is 0 Å². The van der Waals surface area contributed by atoms with E-state index >= 15 is 0 Å². The molecule has 0 radical (unpaired) electrons. The van der Waals surface area contributed by atoms with Crippen LogP contribution in [0.1, 0.15) is 25.7 Å². The molecule has 1 N–H and O–H groups in total. The first-order valence-electron chi connectivity index (χ1n) is 10.2. The zero-order valence-electron chi connectivity index (χ0n) is 17.6. The van der Waals surface area contributed by atoms with Crippen LogP contribution in [-0.2, 0) is 42.9 Å². The van der Waals surface area contributed by atoms with Crippen molar-refractivity contribution in [2.75, 3.05) is 66.0 Å². The number of esters is 1. The number of unbranched alkanes of at least 4 members (excludes halogenated alkanes) is 1. The summed E-state index contributed by atoms with van der Waals surface area (Å²) in [5, 5.41) is 8.49. The van der Waals surface area contributed by atoms with Crippen LogP contribution in [0.2, 0.25) is 0 Å². The van der Waals surface area contributed by atoms with Crippen molar-refractivity contribution < 1.29 is 48.0 Å². The molecule has 0 saturated carbocycles. The number of hydrogen-bond donors (Lipinski definition) is 1. The molecule has 176 valence electrons. The summed E-state index contributed by atoms with van der Waals surface area (Å²) in [6.45, 7) is 3.17. The molecule has 11 nitrogen and oxygen atoms in total. The lowest BCUT2D eigenvalue weighted by molar-refractivity contribution is -0.146. The Bertz CT molecular complexity index is 575. The van der Waals surface area contributed by atoms with Gasteiger partial charge in [0.25, 0.3) is 11.8 Å². The molecule has 31 heavy (non-hydrogen) atoms. The van der Waals surface area contributed by atoms with Crippen LogP contribution in [-0.4, -0.2) is 99.8 Å². The largest absolute Gasteiger partial charge is 0.481 e. The van der Waals surface area contributed by atoms with Crippen LogP contribution in [0.4, 0.5) is 0 Å². The summed E-state index contributed by atoms with van der Waals surface area (Å²) in [7, 11) is 0. The smallest absolute Gasteiger partial charge is 0.305 e. The number of hydrogen-bond acceptors (Lipinski definition) is 9. The standard InChI is InChI=1S/C20H31NO10/c22-17-5-6-18(23)21(17)7-8-27-9-10-28-11-12-29-13-14-30-15-16-31-20(26)4-2-1-3-19(24)25/h5-6H,1-4,7-16H2,(H,24,25). The average molecular weight is 445 g/mol. The molecular formula is C20H31NO10. The Hall–Kier alpha value is -2.34. The molecule has 1 aliphatic heterocycles. The van der Waals surface area contributed by atoms with Gasteiger partial charge >= 0.3 is 11.9 Å². The van der Waals surface area contributed by atoms with Gasteiger partial charge in [-0.25, -0.2) is 0 Å². The monoisotopic (exact) mass is 445 g/mol. The zero-order valence-corrected chi connectivity index (χ0v) is 17.6. The molecule has 0 bridgehead atoms. The Morgan fingerprint density at radius 2 is 1.16 bits per heavy atom. The molecule has 0 aromatic rings. The van der Waals surface area contributed by atoms with Crippen molar-refractivity contribution in [3.05, 3.63) is 12.2 Å². The highest BCUT2D eigenvalue weighted by Crippen LogP contribution is 2.02. The number of carboxylic acid groups (broad SMARTS) is 1. The number of rotatable bonds is 20. The van der Waals surface area contributed by atoms with Crippen molar-refractivity contribution in [1.82, 2.24) is 4.90 Å². The maximum Gasteiger partial charge on any atom is 0.305 e. The molecule has 0 unspecified atom stereocenters. The third-order valence-electron chi connectivity index (χ3n) is 3.99. The van der Waals surface area contributed by atoms with Crippen LogP contribution in [0.3, 0.4) is 0 Å². The lowest BCUT2D eigenvalue weighted by Crippen LogP contribution is -2.33. The Labute approximate surface area is 181 Å². The average Bonchev–Trinajstić information content (AvgIpc) is 3.05. The second kappa shape index (κ2) is 17.4. The molecule has 11 heteroatoms. The predicted molar refractivity (Wildman–Crippen MR) is 106 cm³/mol. The third kappa shape index (κ3) is 14.3. The van der Waals surface area contributed by atoms with E-state index in [0.717, 1.165) is 4.90 Å². The highest BCUT2D eigenvalue weighted by Gasteiger charge is 2.22. The molecule has 0 atom stereocenters.